The molecule has 0 aromatic carbocycles. The molecule has 6 nitrogen and oxygen atoms in total. The van der Waals surface area contributed by atoms with Crippen LogP contribution >= 0.6 is 0 Å². The predicted octanol–water partition coefficient (Wildman–Crippen LogP) is 5.76. The zero-order valence-electron chi connectivity index (χ0n) is 19.0. The number of furan rings is 1. The van der Waals surface area contributed by atoms with E-state index in [-0.39, 0.29) is 6.47 Å². The molecule has 1 aromatic rings. The van der Waals surface area contributed by atoms with E-state index >= 15 is 0 Å². The van der Waals surface area contributed by atoms with Crippen LogP contribution < -0.4 is 0 Å². The molecule has 6 heteroatoms. The first-order valence-electron chi connectivity index (χ1n) is 11.6. The molecule has 1 aromatic heterocycles. The highest BCUT2D eigenvalue weighted by molar-refractivity contribution is 5.32. The van der Waals surface area contributed by atoms with Gasteiger partial charge < -0.3 is 24.4 Å². The van der Waals surface area contributed by atoms with Gasteiger partial charge in [-0.2, -0.15) is 0 Å². The van der Waals surface area contributed by atoms with Crippen LogP contribution in [0.1, 0.15) is 95.8 Å². The third-order valence-corrected chi connectivity index (χ3v) is 5.49. The quantitative estimate of drug-likeness (QED) is 0.276. The van der Waals surface area contributed by atoms with Gasteiger partial charge in [-0.05, 0) is 18.6 Å². The molecule has 30 heavy (non-hydrogen) atoms. The number of nitrogens with zero attached hydrogens (tertiary/aromatic N) is 2. The molecule has 1 aliphatic rings. The first kappa shape index (κ1) is 26.1. The standard InChI is InChI=1S/C23H40N2O2.CH2O2/c1-3-4-5-6-7-8-9-10-11-12-13-14-17-25-20-24(2)19-21(25)23(26)22-16-15-18-27-22;2-1-3/h15-16,18-19,23,26H,3-14,17,20H2,1-2H3;1H,(H,2,3). The second-order valence-electron chi connectivity index (χ2n) is 8.13. The zero-order valence-corrected chi connectivity index (χ0v) is 19.0. The molecule has 0 radical (unpaired) electrons. The van der Waals surface area contributed by atoms with E-state index in [1.807, 2.05) is 18.3 Å². The van der Waals surface area contributed by atoms with E-state index in [1.54, 1.807) is 6.26 Å². The molecule has 0 amide bonds. The second kappa shape index (κ2) is 16.8. The van der Waals surface area contributed by atoms with Gasteiger partial charge in [0.15, 0.2) is 6.10 Å². The van der Waals surface area contributed by atoms with Crippen LogP contribution in [0.2, 0.25) is 0 Å². The summed E-state index contributed by atoms with van der Waals surface area (Å²) in [5, 5.41) is 17.4. The number of carboxylic acid groups (broad SMARTS) is 1. The summed E-state index contributed by atoms with van der Waals surface area (Å²) in [6.45, 7) is 3.89. The monoisotopic (exact) mass is 422 g/mol. The van der Waals surface area contributed by atoms with Gasteiger partial charge in [0.2, 0.25) is 0 Å². The summed E-state index contributed by atoms with van der Waals surface area (Å²) >= 11 is 0. The zero-order chi connectivity index (χ0) is 22.0. The van der Waals surface area contributed by atoms with Crippen molar-refractivity contribution in [3.05, 3.63) is 36.1 Å². The Morgan fingerprint density at radius 2 is 1.57 bits per heavy atom. The van der Waals surface area contributed by atoms with Crippen LogP contribution in [-0.2, 0) is 4.79 Å². The number of carbonyl (C=O) groups is 1. The van der Waals surface area contributed by atoms with Crippen molar-refractivity contribution in [3.8, 4) is 0 Å². The van der Waals surface area contributed by atoms with Crippen LogP contribution in [-0.4, -0.2) is 46.7 Å². The second-order valence-corrected chi connectivity index (χ2v) is 8.13. The van der Waals surface area contributed by atoms with Crippen LogP contribution in [0.5, 0.6) is 0 Å². The first-order chi connectivity index (χ1) is 14.6. The molecule has 1 atom stereocenters. The fourth-order valence-corrected chi connectivity index (χ4v) is 3.88. The van der Waals surface area contributed by atoms with E-state index in [4.69, 9.17) is 14.3 Å². The van der Waals surface area contributed by atoms with E-state index in [9.17, 15) is 5.11 Å². The van der Waals surface area contributed by atoms with Crippen LogP contribution in [0.25, 0.3) is 0 Å². The molecule has 1 aliphatic heterocycles. The SMILES string of the molecule is CCCCCCCCCCCCCCN1CN(C)C=C1C(O)c1ccco1.O=CO. The molecule has 2 heterocycles. The van der Waals surface area contributed by atoms with Crippen molar-refractivity contribution in [2.45, 2.75) is 90.1 Å². The lowest BCUT2D eigenvalue weighted by Crippen LogP contribution is -2.28. The molecule has 2 rings (SSSR count). The van der Waals surface area contributed by atoms with Crippen LogP contribution in [0, 0.1) is 0 Å². The first-order valence-corrected chi connectivity index (χ1v) is 11.6. The third kappa shape index (κ3) is 10.7. The summed E-state index contributed by atoms with van der Waals surface area (Å²) in [6.07, 6.45) is 19.4. The predicted molar refractivity (Wildman–Crippen MR) is 121 cm³/mol. The smallest absolute Gasteiger partial charge is 0.290 e. The van der Waals surface area contributed by atoms with E-state index < -0.39 is 6.10 Å². The molecule has 1 unspecified atom stereocenters. The Balaban J connectivity index is 0.00000141. The number of hydrogen-bond donors (Lipinski definition) is 2. The highest BCUT2D eigenvalue weighted by Gasteiger charge is 2.26. The topological polar surface area (TPSA) is 77.2 Å². The van der Waals surface area contributed by atoms with Crippen molar-refractivity contribution in [1.29, 1.82) is 0 Å². The molecule has 0 saturated carbocycles. The number of aliphatic hydroxyl groups excluding tert-OH is 1. The molecule has 0 saturated heterocycles. The molecule has 2 N–H and O–H groups in total. The Labute approximate surface area is 182 Å². The van der Waals surface area contributed by atoms with Crippen molar-refractivity contribution in [3.63, 3.8) is 0 Å². The van der Waals surface area contributed by atoms with Gasteiger partial charge in [0, 0.05) is 19.8 Å². The molecule has 0 aliphatic carbocycles. The van der Waals surface area contributed by atoms with Gasteiger partial charge in [0.1, 0.15) is 5.76 Å². The Morgan fingerprint density at radius 1 is 1.03 bits per heavy atom. The summed E-state index contributed by atoms with van der Waals surface area (Å²) in [5.41, 5.74) is 0.954. The minimum Gasteiger partial charge on any atom is -0.483 e. The fraction of sp³-hybridized carbons (Fsp3) is 0.708. The van der Waals surface area contributed by atoms with Gasteiger partial charge in [-0.25, -0.2) is 0 Å². The van der Waals surface area contributed by atoms with E-state index in [2.05, 4.69) is 23.8 Å². The molecule has 0 bridgehead atoms. The van der Waals surface area contributed by atoms with Gasteiger partial charge in [0.05, 0.1) is 18.6 Å². The minimum atomic E-state index is -0.665. The fourth-order valence-electron chi connectivity index (χ4n) is 3.88. The Bertz CT molecular complexity index is 560. The summed E-state index contributed by atoms with van der Waals surface area (Å²) in [4.78, 5) is 12.8. The lowest BCUT2D eigenvalue weighted by molar-refractivity contribution is -0.122. The van der Waals surface area contributed by atoms with Gasteiger partial charge in [-0.3, -0.25) is 4.79 Å². The maximum atomic E-state index is 10.6. The maximum absolute atomic E-state index is 10.6. The average molecular weight is 423 g/mol. The van der Waals surface area contributed by atoms with Crippen molar-refractivity contribution >= 4 is 6.47 Å². The third-order valence-electron chi connectivity index (χ3n) is 5.49. The largest absolute Gasteiger partial charge is 0.483 e. The average Bonchev–Trinajstić information content (AvgIpc) is 3.39. The van der Waals surface area contributed by atoms with Crippen LogP contribution in [0.15, 0.2) is 34.7 Å². The Morgan fingerprint density at radius 3 is 2.07 bits per heavy atom. The Hall–Kier alpha value is -1.95. The van der Waals surface area contributed by atoms with Crippen molar-refractivity contribution in [1.82, 2.24) is 9.80 Å². The highest BCUT2D eigenvalue weighted by atomic mass is 16.4. The van der Waals surface area contributed by atoms with Crippen LogP contribution in [0.3, 0.4) is 0 Å². The van der Waals surface area contributed by atoms with Crippen molar-refractivity contribution in [2.24, 2.45) is 0 Å². The van der Waals surface area contributed by atoms with Gasteiger partial charge in [-0.15, -0.1) is 0 Å². The van der Waals surface area contributed by atoms with E-state index in [0.717, 1.165) is 18.9 Å². The molecule has 172 valence electrons. The number of hydrogen-bond acceptors (Lipinski definition) is 5. The molecule has 0 spiro atoms. The number of aliphatic hydroxyl groups is 1. The molecule has 0 fully saturated rings. The summed E-state index contributed by atoms with van der Waals surface area (Å²) in [6, 6.07) is 3.67. The molecular formula is C24H42N2O4. The lowest BCUT2D eigenvalue weighted by atomic mass is 10.1. The molecular weight excluding hydrogens is 380 g/mol. The van der Waals surface area contributed by atoms with Gasteiger partial charge >= 0.3 is 0 Å². The van der Waals surface area contributed by atoms with E-state index in [1.165, 1.54) is 77.0 Å². The van der Waals surface area contributed by atoms with Gasteiger partial charge in [-0.1, -0.05) is 77.6 Å². The maximum Gasteiger partial charge on any atom is 0.290 e. The van der Waals surface area contributed by atoms with E-state index in [0.29, 0.717) is 5.76 Å². The normalized spacial score (nSPS) is 14.3. The number of rotatable bonds is 15. The highest BCUT2D eigenvalue weighted by Crippen LogP contribution is 2.29. The number of unbranched alkanes of at least 4 members (excludes halogenated alkanes) is 11. The Kier molecular flexibility index (Phi) is 14.6. The summed E-state index contributed by atoms with van der Waals surface area (Å²) in [5.74, 6) is 0.622. The van der Waals surface area contributed by atoms with Crippen molar-refractivity contribution < 1.29 is 19.4 Å². The minimum absolute atomic E-state index is 0.250. The summed E-state index contributed by atoms with van der Waals surface area (Å²) in [7, 11) is 2.05. The summed E-state index contributed by atoms with van der Waals surface area (Å²) < 4.78 is 5.37. The van der Waals surface area contributed by atoms with Crippen LogP contribution in [0.4, 0.5) is 0 Å². The lowest BCUT2D eigenvalue weighted by Gasteiger charge is -2.24. The van der Waals surface area contributed by atoms with Crippen molar-refractivity contribution in [2.75, 3.05) is 20.3 Å². The van der Waals surface area contributed by atoms with Gasteiger partial charge in [0.25, 0.3) is 6.47 Å².